The SMILES string of the molecule is O=C(Nc1nc2c(s1)CN(Cc1ccc(Cl)c(Cl)c1)CC2)c1ccco1. The van der Waals surface area contributed by atoms with Gasteiger partial charge < -0.3 is 4.42 Å². The Labute approximate surface area is 164 Å². The summed E-state index contributed by atoms with van der Waals surface area (Å²) < 4.78 is 5.11. The van der Waals surface area contributed by atoms with Crippen LogP contribution in [0.25, 0.3) is 0 Å². The van der Waals surface area contributed by atoms with Gasteiger partial charge in [0.05, 0.1) is 22.0 Å². The summed E-state index contributed by atoms with van der Waals surface area (Å²) in [5.74, 6) is -0.00632. The van der Waals surface area contributed by atoms with Crippen LogP contribution in [0.2, 0.25) is 10.0 Å². The number of fused-ring (bicyclic) bond motifs is 1. The predicted octanol–water partition coefficient (Wildman–Crippen LogP) is 4.85. The average Bonchev–Trinajstić information content (AvgIpc) is 3.27. The quantitative estimate of drug-likeness (QED) is 0.670. The monoisotopic (exact) mass is 407 g/mol. The Balaban J connectivity index is 1.43. The highest BCUT2D eigenvalue weighted by Crippen LogP contribution is 2.30. The van der Waals surface area contributed by atoms with Gasteiger partial charge in [0, 0.05) is 30.9 Å². The second-order valence-electron chi connectivity index (χ2n) is 6.03. The topological polar surface area (TPSA) is 58.4 Å². The number of amides is 1. The highest BCUT2D eigenvalue weighted by atomic mass is 35.5. The molecule has 0 unspecified atom stereocenters. The van der Waals surface area contributed by atoms with Crippen molar-refractivity contribution in [1.82, 2.24) is 9.88 Å². The van der Waals surface area contributed by atoms with Gasteiger partial charge in [0.25, 0.3) is 5.91 Å². The molecule has 26 heavy (non-hydrogen) atoms. The molecule has 3 aromatic rings. The highest BCUT2D eigenvalue weighted by molar-refractivity contribution is 7.15. The van der Waals surface area contributed by atoms with Crippen molar-refractivity contribution in [2.45, 2.75) is 19.5 Å². The van der Waals surface area contributed by atoms with Crippen molar-refractivity contribution in [2.75, 3.05) is 11.9 Å². The lowest BCUT2D eigenvalue weighted by molar-refractivity contribution is 0.0996. The number of thiazole rings is 1. The van der Waals surface area contributed by atoms with Crippen LogP contribution >= 0.6 is 34.5 Å². The van der Waals surface area contributed by atoms with E-state index in [0.717, 1.165) is 37.3 Å². The van der Waals surface area contributed by atoms with Crippen molar-refractivity contribution in [3.63, 3.8) is 0 Å². The van der Waals surface area contributed by atoms with E-state index in [1.165, 1.54) is 22.5 Å². The number of nitrogens with zero attached hydrogens (tertiary/aromatic N) is 2. The molecule has 1 aliphatic heterocycles. The highest BCUT2D eigenvalue weighted by Gasteiger charge is 2.22. The number of furan rings is 1. The molecule has 2 aromatic heterocycles. The molecule has 5 nitrogen and oxygen atoms in total. The number of carbonyl (C=O) groups is 1. The molecule has 4 rings (SSSR count). The molecular weight excluding hydrogens is 393 g/mol. The molecule has 1 N–H and O–H groups in total. The van der Waals surface area contributed by atoms with Gasteiger partial charge in [-0.3, -0.25) is 15.0 Å². The van der Waals surface area contributed by atoms with Gasteiger partial charge in [-0.05, 0) is 29.8 Å². The lowest BCUT2D eigenvalue weighted by Crippen LogP contribution is -2.29. The van der Waals surface area contributed by atoms with Crippen molar-refractivity contribution >= 4 is 45.6 Å². The molecule has 0 radical (unpaired) electrons. The van der Waals surface area contributed by atoms with E-state index in [1.807, 2.05) is 18.2 Å². The number of rotatable bonds is 4. The van der Waals surface area contributed by atoms with Crippen LogP contribution in [0.15, 0.2) is 41.0 Å². The van der Waals surface area contributed by atoms with Crippen LogP contribution in [-0.4, -0.2) is 22.3 Å². The van der Waals surface area contributed by atoms with E-state index in [1.54, 1.807) is 12.1 Å². The van der Waals surface area contributed by atoms with Gasteiger partial charge in [0.2, 0.25) is 0 Å². The minimum Gasteiger partial charge on any atom is -0.459 e. The number of benzene rings is 1. The summed E-state index contributed by atoms with van der Waals surface area (Å²) in [6.45, 7) is 2.49. The maximum absolute atomic E-state index is 12.1. The van der Waals surface area contributed by atoms with Crippen LogP contribution in [0, 0.1) is 0 Å². The first kappa shape index (κ1) is 17.5. The number of nitrogens with one attached hydrogen (secondary N) is 1. The maximum atomic E-state index is 12.1. The predicted molar refractivity (Wildman–Crippen MR) is 103 cm³/mol. The summed E-state index contributed by atoms with van der Waals surface area (Å²) in [5, 5.41) is 4.55. The van der Waals surface area contributed by atoms with Crippen molar-refractivity contribution in [3.8, 4) is 0 Å². The summed E-state index contributed by atoms with van der Waals surface area (Å²) in [6, 6.07) is 9.03. The lowest BCUT2D eigenvalue weighted by Gasteiger charge is -2.25. The third-order valence-electron chi connectivity index (χ3n) is 4.17. The zero-order valence-corrected chi connectivity index (χ0v) is 16.0. The molecule has 0 fully saturated rings. The van der Waals surface area contributed by atoms with E-state index in [4.69, 9.17) is 27.6 Å². The van der Waals surface area contributed by atoms with Gasteiger partial charge >= 0.3 is 0 Å². The van der Waals surface area contributed by atoms with Crippen LogP contribution in [0.3, 0.4) is 0 Å². The fourth-order valence-electron chi connectivity index (χ4n) is 2.90. The molecule has 0 atom stereocenters. The van der Waals surface area contributed by atoms with Gasteiger partial charge in [-0.25, -0.2) is 4.98 Å². The van der Waals surface area contributed by atoms with E-state index in [-0.39, 0.29) is 11.7 Å². The van der Waals surface area contributed by atoms with Crippen molar-refractivity contribution < 1.29 is 9.21 Å². The lowest BCUT2D eigenvalue weighted by atomic mass is 10.1. The van der Waals surface area contributed by atoms with Crippen LogP contribution in [-0.2, 0) is 19.5 Å². The fraction of sp³-hybridized carbons (Fsp3) is 0.222. The Kier molecular flexibility index (Phi) is 5.00. The molecule has 1 aromatic carbocycles. The van der Waals surface area contributed by atoms with Crippen molar-refractivity contribution in [3.05, 3.63) is 68.5 Å². The zero-order valence-electron chi connectivity index (χ0n) is 13.7. The summed E-state index contributed by atoms with van der Waals surface area (Å²) in [5.41, 5.74) is 2.17. The Morgan fingerprint density at radius 3 is 2.96 bits per heavy atom. The summed E-state index contributed by atoms with van der Waals surface area (Å²) in [7, 11) is 0. The molecule has 0 spiro atoms. The third kappa shape index (κ3) is 3.78. The van der Waals surface area contributed by atoms with E-state index < -0.39 is 0 Å². The number of halogens is 2. The zero-order chi connectivity index (χ0) is 18.1. The first-order chi connectivity index (χ1) is 12.6. The maximum Gasteiger partial charge on any atom is 0.293 e. The molecule has 1 amide bonds. The Morgan fingerprint density at radius 2 is 2.19 bits per heavy atom. The first-order valence-corrected chi connectivity index (χ1v) is 9.65. The van der Waals surface area contributed by atoms with E-state index in [9.17, 15) is 4.79 Å². The molecule has 1 aliphatic rings. The summed E-state index contributed by atoms with van der Waals surface area (Å²) in [4.78, 5) is 20.1. The van der Waals surface area contributed by atoms with Gasteiger partial charge in [0.1, 0.15) is 0 Å². The summed E-state index contributed by atoms with van der Waals surface area (Å²) in [6.07, 6.45) is 2.33. The number of anilines is 1. The molecule has 0 saturated carbocycles. The van der Waals surface area contributed by atoms with Crippen LogP contribution in [0.5, 0.6) is 0 Å². The van der Waals surface area contributed by atoms with E-state index >= 15 is 0 Å². The number of aromatic nitrogens is 1. The van der Waals surface area contributed by atoms with Crippen molar-refractivity contribution in [2.24, 2.45) is 0 Å². The third-order valence-corrected chi connectivity index (χ3v) is 5.90. The number of carbonyl (C=O) groups excluding carboxylic acids is 1. The minimum atomic E-state index is -0.284. The second kappa shape index (κ2) is 7.40. The van der Waals surface area contributed by atoms with E-state index in [2.05, 4.69) is 15.2 Å². The fourth-order valence-corrected chi connectivity index (χ4v) is 4.27. The molecule has 0 bridgehead atoms. The Bertz CT molecular complexity index is 940. The van der Waals surface area contributed by atoms with Crippen molar-refractivity contribution in [1.29, 1.82) is 0 Å². The molecule has 8 heteroatoms. The smallest absolute Gasteiger partial charge is 0.293 e. The molecular formula is C18H15Cl2N3O2S. The Morgan fingerprint density at radius 1 is 1.31 bits per heavy atom. The van der Waals surface area contributed by atoms with E-state index in [0.29, 0.717) is 15.2 Å². The minimum absolute atomic E-state index is 0.277. The molecule has 3 heterocycles. The number of hydrogen-bond donors (Lipinski definition) is 1. The Hall–Kier alpha value is -1.86. The van der Waals surface area contributed by atoms with Crippen LogP contribution in [0.4, 0.5) is 5.13 Å². The number of hydrogen-bond acceptors (Lipinski definition) is 5. The summed E-state index contributed by atoms with van der Waals surface area (Å²) >= 11 is 13.6. The van der Waals surface area contributed by atoms with Crippen LogP contribution < -0.4 is 5.32 Å². The molecule has 0 aliphatic carbocycles. The normalized spacial score (nSPS) is 14.2. The average molecular weight is 408 g/mol. The van der Waals surface area contributed by atoms with Gasteiger partial charge in [-0.1, -0.05) is 29.3 Å². The van der Waals surface area contributed by atoms with Gasteiger partial charge in [-0.15, -0.1) is 11.3 Å². The molecule has 134 valence electrons. The largest absolute Gasteiger partial charge is 0.459 e. The second-order valence-corrected chi connectivity index (χ2v) is 7.93. The first-order valence-electron chi connectivity index (χ1n) is 8.08. The molecule has 0 saturated heterocycles. The van der Waals surface area contributed by atoms with Gasteiger partial charge in [-0.2, -0.15) is 0 Å². The van der Waals surface area contributed by atoms with Crippen LogP contribution in [0.1, 0.15) is 26.7 Å². The van der Waals surface area contributed by atoms with Gasteiger partial charge in [0.15, 0.2) is 10.9 Å². The standard InChI is InChI=1S/C18H15Cl2N3O2S/c19-12-4-3-11(8-13(12)20)9-23-6-5-14-16(10-23)26-18(21-14)22-17(24)15-2-1-7-25-15/h1-4,7-8H,5-6,9-10H2,(H,21,22,24).